The molecular weight excluding hydrogens is 322 g/mol. The Hall–Kier alpha value is -1.46. The Morgan fingerprint density at radius 2 is 2.00 bits per heavy atom. The smallest absolute Gasteiger partial charge is 0.140 e. The topological polar surface area (TPSA) is 50.9 Å². The number of anilines is 2. The molecule has 0 radical (unpaired) electrons. The molecule has 0 unspecified atom stereocenters. The highest BCUT2D eigenvalue weighted by Gasteiger charge is 2.09. The fourth-order valence-electron chi connectivity index (χ4n) is 1.70. The molecule has 19 heavy (non-hydrogen) atoms. The molecule has 0 aliphatic rings. The van der Waals surface area contributed by atoms with Crippen molar-refractivity contribution in [3.63, 3.8) is 0 Å². The van der Waals surface area contributed by atoms with Crippen LogP contribution in [0.1, 0.15) is 16.8 Å². The standard InChI is InChI=1S/C14H14BrN3S/c1-8-3-6-12(11(15)7-8)18-14-10(13(16)19)5-4-9(2)17-14/h3-7H,1-2H3,(H2,16,19)(H,17,18). The van der Waals surface area contributed by atoms with Crippen LogP contribution in [0.4, 0.5) is 11.5 Å². The van der Waals surface area contributed by atoms with Gasteiger partial charge in [-0.2, -0.15) is 0 Å². The van der Waals surface area contributed by atoms with Gasteiger partial charge < -0.3 is 11.1 Å². The van der Waals surface area contributed by atoms with E-state index in [0.717, 1.165) is 21.4 Å². The van der Waals surface area contributed by atoms with Crippen molar-refractivity contribution in [1.82, 2.24) is 4.98 Å². The molecule has 0 amide bonds. The summed E-state index contributed by atoms with van der Waals surface area (Å²) in [6.07, 6.45) is 0. The van der Waals surface area contributed by atoms with Crippen LogP contribution in [-0.2, 0) is 0 Å². The molecule has 0 fully saturated rings. The summed E-state index contributed by atoms with van der Waals surface area (Å²) in [6.45, 7) is 3.97. The molecule has 0 aliphatic carbocycles. The quantitative estimate of drug-likeness (QED) is 0.836. The summed E-state index contributed by atoms with van der Waals surface area (Å²) in [6, 6.07) is 9.84. The van der Waals surface area contributed by atoms with Gasteiger partial charge in [0, 0.05) is 10.2 Å². The van der Waals surface area contributed by atoms with Gasteiger partial charge in [0.05, 0.1) is 11.3 Å². The van der Waals surface area contributed by atoms with Gasteiger partial charge in [-0.1, -0.05) is 18.3 Å². The van der Waals surface area contributed by atoms with E-state index in [1.165, 1.54) is 5.56 Å². The first-order chi connectivity index (χ1) is 8.97. The molecule has 0 saturated heterocycles. The third-order valence-corrected chi connectivity index (χ3v) is 3.55. The summed E-state index contributed by atoms with van der Waals surface area (Å²) in [5, 5.41) is 3.26. The lowest BCUT2D eigenvalue weighted by molar-refractivity contribution is 1.19. The lowest BCUT2D eigenvalue weighted by Gasteiger charge is -2.12. The summed E-state index contributed by atoms with van der Waals surface area (Å²) in [7, 11) is 0. The van der Waals surface area contributed by atoms with Crippen LogP contribution >= 0.6 is 28.1 Å². The molecule has 3 nitrogen and oxygen atoms in total. The lowest BCUT2D eigenvalue weighted by Crippen LogP contribution is -2.13. The van der Waals surface area contributed by atoms with Crippen LogP contribution in [0.25, 0.3) is 0 Å². The van der Waals surface area contributed by atoms with Crippen molar-refractivity contribution in [2.45, 2.75) is 13.8 Å². The number of rotatable bonds is 3. The zero-order valence-corrected chi connectivity index (χ0v) is 13.1. The van der Waals surface area contributed by atoms with Gasteiger partial charge in [0.15, 0.2) is 0 Å². The van der Waals surface area contributed by atoms with Crippen molar-refractivity contribution >= 4 is 44.6 Å². The third kappa shape index (κ3) is 3.30. The number of hydrogen-bond acceptors (Lipinski definition) is 3. The number of benzene rings is 1. The molecule has 3 N–H and O–H groups in total. The van der Waals surface area contributed by atoms with E-state index >= 15 is 0 Å². The molecule has 2 aromatic rings. The maximum Gasteiger partial charge on any atom is 0.140 e. The third-order valence-electron chi connectivity index (χ3n) is 2.68. The van der Waals surface area contributed by atoms with Crippen molar-refractivity contribution in [2.75, 3.05) is 5.32 Å². The van der Waals surface area contributed by atoms with Crippen molar-refractivity contribution in [2.24, 2.45) is 5.73 Å². The first-order valence-electron chi connectivity index (χ1n) is 5.78. The van der Waals surface area contributed by atoms with Gasteiger partial charge in [-0.15, -0.1) is 0 Å². The number of halogens is 1. The molecule has 0 spiro atoms. The van der Waals surface area contributed by atoms with Gasteiger partial charge >= 0.3 is 0 Å². The minimum Gasteiger partial charge on any atom is -0.389 e. The van der Waals surface area contributed by atoms with Crippen LogP contribution in [0.2, 0.25) is 0 Å². The summed E-state index contributed by atoms with van der Waals surface area (Å²) in [5.41, 5.74) is 9.49. The van der Waals surface area contributed by atoms with Gasteiger partial charge in [-0.25, -0.2) is 4.98 Å². The van der Waals surface area contributed by atoms with E-state index in [2.05, 4.69) is 26.2 Å². The first kappa shape index (κ1) is 14.0. The summed E-state index contributed by atoms with van der Waals surface area (Å²) < 4.78 is 0.977. The maximum atomic E-state index is 5.72. The number of nitrogens with two attached hydrogens (primary N) is 1. The second kappa shape index (κ2) is 5.67. The molecule has 98 valence electrons. The predicted molar refractivity (Wildman–Crippen MR) is 87.0 cm³/mol. The zero-order chi connectivity index (χ0) is 14.0. The Bertz CT molecular complexity index is 641. The maximum absolute atomic E-state index is 5.72. The van der Waals surface area contributed by atoms with E-state index in [-0.39, 0.29) is 0 Å². The molecule has 1 aromatic carbocycles. The Morgan fingerprint density at radius 3 is 2.63 bits per heavy atom. The zero-order valence-electron chi connectivity index (χ0n) is 10.7. The van der Waals surface area contributed by atoms with Crippen LogP contribution in [-0.4, -0.2) is 9.97 Å². The highest BCUT2D eigenvalue weighted by molar-refractivity contribution is 9.10. The van der Waals surface area contributed by atoms with Crippen molar-refractivity contribution < 1.29 is 0 Å². The Labute approximate surface area is 126 Å². The summed E-state index contributed by atoms with van der Waals surface area (Å²) in [4.78, 5) is 4.79. The highest BCUT2D eigenvalue weighted by Crippen LogP contribution is 2.27. The lowest BCUT2D eigenvalue weighted by atomic mass is 10.2. The van der Waals surface area contributed by atoms with Crippen molar-refractivity contribution in [3.05, 3.63) is 51.6 Å². The number of aryl methyl sites for hydroxylation is 2. The normalized spacial score (nSPS) is 10.3. The molecule has 2 rings (SSSR count). The number of thiocarbonyl (C=S) groups is 1. The first-order valence-corrected chi connectivity index (χ1v) is 6.98. The minimum atomic E-state index is 0.332. The monoisotopic (exact) mass is 335 g/mol. The van der Waals surface area contributed by atoms with Crippen LogP contribution < -0.4 is 11.1 Å². The van der Waals surface area contributed by atoms with E-state index in [1.807, 2.05) is 44.2 Å². The number of nitrogens with one attached hydrogen (secondary N) is 1. The van der Waals surface area contributed by atoms with Crippen molar-refractivity contribution in [3.8, 4) is 0 Å². The minimum absolute atomic E-state index is 0.332. The van der Waals surface area contributed by atoms with Crippen molar-refractivity contribution in [1.29, 1.82) is 0 Å². The van der Waals surface area contributed by atoms with E-state index < -0.39 is 0 Å². The van der Waals surface area contributed by atoms with Crippen LogP contribution in [0.5, 0.6) is 0 Å². The van der Waals surface area contributed by atoms with Crippen LogP contribution in [0, 0.1) is 13.8 Å². The van der Waals surface area contributed by atoms with Gasteiger partial charge in [0.2, 0.25) is 0 Å². The SMILES string of the molecule is Cc1ccc(Nc2nc(C)ccc2C(N)=S)c(Br)c1. The van der Waals surface area contributed by atoms with Crippen LogP contribution in [0.3, 0.4) is 0 Å². The number of hydrogen-bond donors (Lipinski definition) is 2. The van der Waals surface area contributed by atoms with Crippen LogP contribution in [0.15, 0.2) is 34.8 Å². The molecule has 0 saturated carbocycles. The van der Waals surface area contributed by atoms with Gasteiger partial charge in [-0.05, 0) is 59.6 Å². The highest BCUT2D eigenvalue weighted by atomic mass is 79.9. The molecule has 0 aliphatic heterocycles. The fraction of sp³-hybridized carbons (Fsp3) is 0.143. The summed E-state index contributed by atoms with van der Waals surface area (Å²) >= 11 is 8.58. The number of nitrogens with zero attached hydrogens (tertiary/aromatic N) is 1. The molecule has 0 atom stereocenters. The molecule has 1 heterocycles. The second-order valence-electron chi connectivity index (χ2n) is 4.32. The Morgan fingerprint density at radius 1 is 1.26 bits per heavy atom. The molecule has 5 heteroatoms. The predicted octanol–water partition coefficient (Wildman–Crippen LogP) is 3.84. The molecule has 1 aromatic heterocycles. The Balaban J connectivity index is 2.42. The average Bonchev–Trinajstić information content (AvgIpc) is 2.32. The van der Waals surface area contributed by atoms with E-state index in [1.54, 1.807) is 0 Å². The number of aromatic nitrogens is 1. The van der Waals surface area contributed by atoms with Gasteiger partial charge in [0.1, 0.15) is 10.8 Å². The van der Waals surface area contributed by atoms with Gasteiger partial charge in [0.25, 0.3) is 0 Å². The number of pyridine rings is 1. The van der Waals surface area contributed by atoms with E-state index in [0.29, 0.717) is 10.8 Å². The van der Waals surface area contributed by atoms with Gasteiger partial charge in [-0.3, -0.25) is 0 Å². The summed E-state index contributed by atoms with van der Waals surface area (Å²) in [5.74, 6) is 0.678. The largest absolute Gasteiger partial charge is 0.389 e. The fourth-order valence-corrected chi connectivity index (χ4v) is 2.46. The average molecular weight is 336 g/mol. The Kier molecular flexibility index (Phi) is 4.17. The molecular formula is C14H14BrN3S. The van der Waals surface area contributed by atoms with E-state index in [4.69, 9.17) is 18.0 Å². The molecule has 0 bridgehead atoms. The second-order valence-corrected chi connectivity index (χ2v) is 5.62. The van der Waals surface area contributed by atoms with E-state index in [9.17, 15) is 0 Å².